The van der Waals surface area contributed by atoms with Crippen LogP contribution in [0.4, 0.5) is 5.95 Å². The van der Waals surface area contributed by atoms with E-state index in [4.69, 9.17) is 17.3 Å². The van der Waals surface area contributed by atoms with E-state index < -0.39 is 0 Å². The Balaban J connectivity index is 2.57. The average Bonchev–Trinajstić information content (AvgIpc) is 2.57. The summed E-state index contributed by atoms with van der Waals surface area (Å²) in [6.07, 6.45) is 0. The van der Waals surface area contributed by atoms with Crippen LogP contribution in [0.25, 0.3) is 11.4 Å². The third kappa shape index (κ3) is 1.44. The maximum atomic E-state index is 5.98. The molecule has 2 rings (SSSR count). The molecule has 72 valence electrons. The van der Waals surface area contributed by atoms with Crippen LogP contribution >= 0.6 is 11.6 Å². The van der Waals surface area contributed by atoms with Gasteiger partial charge in [0, 0.05) is 10.6 Å². The molecule has 0 amide bonds. The van der Waals surface area contributed by atoms with E-state index in [1.165, 1.54) is 0 Å². The number of rotatable bonds is 1. The SMILES string of the molecule is Cc1c(Cl)cccc1-c1nc(N)n[nH]1. The summed E-state index contributed by atoms with van der Waals surface area (Å²) in [4.78, 5) is 4.04. The normalized spacial score (nSPS) is 10.4. The van der Waals surface area contributed by atoms with Gasteiger partial charge in [0.2, 0.25) is 5.95 Å². The number of nitrogens with zero attached hydrogens (tertiary/aromatic N) is 2. The minimum atomic E-state index is 0.236. The van der Waals surface area contributed by atoms with E-state index in [1.807, 2.05) is 25.1 Å². The number of halogens is 1. The predicted octanol–water partition coefficient (Wildman–Crippen LogP) is 2.02. The summed E-state index contributed by atoms with van der Waals surface area (Å²) in [5.74, 6) is 0.877. The van der Waals surface area contributed by atoms with Crippen LogP contribution in [0.5, 0.6) is 0 Å². The van der Waals surface area contributed by atoms with Gasteiger partial charge in [0.25, 0.3) is 0 Å². The van der Waals surface area contributed by atoms with Crippen LogP contribution in [-0.2, 0) is 0 Å². The molecule has 0 radical (unpaired) electrons. The highest BCUT2D eigenvalue weighted by Gasteiger charge is 2.07. The van der Waals surface area contributed by atoms with Gasteiger partial charge in [-0.2, -0.15) is 4.98 Å². The first-order valence-corrected chi connectivity index (χ1v) is 4.49. The first-order chi connectivity index (χ1) is 6.68. The van der Waals surface area contributed by atoms with Crippen molar-refractivity contribution in [3.8, 4) is 11.4 Å². The second-order valence-electron chi connectivity index (χ2n) is 2.95. The van der Waals surface area contributed by atoms with Crippen molar-refractivity contribution in [3.05, 3.63) is 28.8 Å². The number of hydrogen-bond donors (Lipinski definition) is 2. The summed E-state index contributed by atoms with van der Waals surface area (Å²) >= 11 is 5.98. The van der Waals surface area contributed by atoms with E-state index in [9.17, 15) is 0 Å². The topological polar surface area (TPSA) is 67.6 Å². The van der Waals surface area contributed by atoms with Gasteiger partial charge in [0.05, 0.1) is 0 Å². The minimum Gasteiger partial charge on any atom is -0.366 e. The number of aromatic amines is 1. The van der Waals surface area contributed by atoms with Crippen LogP contribution < -0.4 is 5.73 Å². The zero-order chi connectivity index (χ0) is 10.1. The number of aromatic nitrogens is 3. The molecule has 0 saturated carbocycles. The van der Waals surface area contributed by atoms with Gasteiger partial charge in [0.1, 0.15) is 0 Å². The van der Waals surface area contributed by atoms with Crippen molar-refractivity contribution in [2.45, 2.75) is 6.92 Å². The smallest absolute Gasteiger partial charge is 0.239 e. The van der Waals surface area contributed by atoms with Crippen LogP contribution in [0, 0.1) is 6.92 Å². The molecule has 0 aliphatic carbocycles. The Kier molecular flexibility index (Phi) is 2.13. The van der Waals surface area contributed by atoms with E-state index >= 15 is 0 Å². The fraction of sp³-hybridized carbons (Fsp3) is 0.111. The first-order valence-electron chi connectivity index (χ1n) is 4.12. The number of benzene rings is 1. The second kappa shape index (κ2) is 3.31. The summed E-state index contributed by atoms with van der Waals surface area (Å²) in [6.45, 7) is 1.93. The van der Waals surface area contributed by atoms with Crippen molar-refractivity contribution in [1.82, 2.24) is 15.2 Å². The average molecular weight is 209 g/mol. The maximum Gasteiger partial charge on any atom is 0.239 e. The molecular weight excluding hydrogens is 200 g/mol. The van der Waals surface area contributed by atoms with Crippen molar-refractivity contribution >= 4 is 17.5 Å². The van der Waals surface area contributed by atoms with Crippen molar-refractivity contribution in [2.75, 3.05) is 5.73 Å². The molecule has 0 spiro atoms. The van der Waals surface area contributed by atoms with E-state index in [0.29, 0.717) is 10.8 Å². The lowest BCUT2D eigenvalue weighted by Gasteiger charge is -2.02. The van der Waals surface area contributed by atoms with E-state index in [1.54, 1.807) is 0 Å². The molecule has 2 aromatic rings. The molecule has 1 heterocycles. The monoisotopic (exact) mass is 208 g/mol. The quantitative estimate of drug-likeness (QED) is 0.754. The van der Waals surface area contributed by atoms with Gasteiger partial charge in [-0.3, -0.25) is 5.10 Å². The molecular formula is C9H9ClN4. The number of nitrogens with one attached hydrogen (secondary N) is 1. The van der Waals surface area contributed by atoms with Crippen LogP contribution in [0.1, 0.15) is 5.56 Å². The largest absolute Gasteiger partial charge is 0.366 e. The molecule has 4 nitrogen and oxygen atoms in total. The molecule has 5 heteroatoms. The van der Waals surface area contributed by atoms with Gasteiger partial charge in [-0.1, -0.05) is 23.7 Å². The van der Waals surface area contributed by atoms with Gasteiger partial charge in [-0.25, -0.2) is 0 Å². The van der Waals surface area contributed by atoms with Crippen LogP contribution in [0.15, 0.2) is 18.2 Å². The zero-order valence-corrected chi connectivity index (χ0v) is 8.34. The fourth-order valence-electron chi connectivity index (χ4n) is 1.26. The number of nitrogen functional groups attached to an aromatic ring is 1. The molecule has 1 aromatic heterocycles. The Hall–Kier alpha value is -1.55. The van der Waals surface area contributed by atoms with E-state index in [-0.39, 0.29) is 5.95 Å². The lowest BCUT2D eigenvalue weighted by Crippen LogP contribution is -1.87. The van der Waals surface area contributed by atoms with Gasteiger partial charge < -0.3 is 5.73 Å². The van der Waals surface area contributed by atoms with Crippen molar-refractivity contribution in [3.63, 3.8) is 0 Å². The number of anilines is 1. The highest BCUT2D eigenvalue weighted by molar-refractivity contribution is 6.31. The van der Waals surface area contributed by atoms with Crippen LogP contribution in [0.3, 0.4) is 0 Å². The van der Waals surface area contributed by atoms with Gasteiger partial charge in [-0.05, 0) is 18.6 Å². The van der Waals surface area contributed by atoms with Crippen LogP contribution in [-0.4, -0.2) is 15.2 Å². The lowest BCUT2D eigenvalue weighted by molar-refractivity contribution is 1.10. The molecule has 0 fully saturated rings. The van der Waals surface area contributed by atoms with Crippen molar-refractivity contribution < 1.29 is 0 Å². The lowest BCUT2D eigenvalue weighted by atomic mass is 10.1. The van der Waals surface area contributed by atoms with Gasteiger partial charge in [-0.15, -0.1) is 5.10 Å². The number of nitrogens with two attached hydrogens (primary N) is 1. The molecule has 0 atom stereocenters. The standard InChI is InChI=1S/C9H9ClN4/c1-5-6(3-2-4-7(5)10)8-12-9(11)14-13-8/h2-4H,1H3,(H3,11,12,13,14). The van der Waals surface area contributed by atoms with E-state index in [0.717, 1.165) is 11.1 Å². The van der Waals surface area contributed by atoms with E-state index in [2.05, 4.69) is 15.2 Å². The van der Waals surface area contributed by atoms with Gasteiger partial charge >= 0.3 is 0 Å². The third-order valence-corrected chi connectivity index (χ3v) is 2.43. The third-order valence-electron chi connectivity index (χ3n) is 2.03. The Labute approximate surface area is 86.1 Å². The van der Waals surface area contributed by atoms with Crippen molar-refractivity contribution in [1.29, 1.82) is 0 Å². The summed E-state index contributed by atoms with van der Waals surface area (Å²) in [7, 11) is 0. The highest BCUT2D eigenvalue weighted by atomic mass is 35.5. The summed E-state index contributed by atoms with van der Waals surface area (Å²) in [6, 6.07) is 5.62. The summed E-state index contributed by atoms with van der Waals surface area (Å²) < 4.78 is 0. The Bertz CT molecular complexity index is 464. The fourth-order valence-corrected chi connectivity index (χ4v) is 1.43. The number of H-pyrrole nitrogens is 1. The van der Waals surface area contributed by atoms with Gasteiger partial charge in [0.15, 0.2) is 5.82 Å². The highest BCUT2D eigenvalue weighted by Crippen LogP contribution is 2.25. The minimum absolute atomic E-state index is 0.236. The summed E-state index contributed by atoms with van der Waals surface area (Å²) in [5, 5.41) is 7.21. The molecule has 0 bridgehead atoms. The molecule has 0 unspecified atom stereocenters. The Morgan fingerprint density at radius 1 is 1.43 bits per heavy atom. The predicted molar refractivity (Wildman–Crippen MR) is 56.0 cm³/mol. The van der Waals surface area contributed by atoms with Crippen molar-refractivity contribution in [2.24, 2.45) is 0 Å². The Morgan fingerprint density at radius 3 is 2.86 bits per heavy atom. The molecule has 0 aliphatic heterocycles. The van der Waals surface area contributed by atoms with Crippen LogP contribution in [0.2, 0.25) is 5.02 Å². The maximum absolute atomic E-state index is 5.98. The molecule has 14 heavy (non-hydrogen) atoms. The first kappa shape index (κ1) is 9.02. The number of hydrogen-bond acceptors (Lipinski definition) is 3. The molecule has 0 aliphatic rings. The molecule has 3 N–H and O–H groups in total. The molecule has 0 saturated heterocycles. The zero-order valence-electron chi connectivity index (χ0n) is 7.58. The Morgan fingerprint density at radius 2 is 2.21 bits per heavy atom. The molecule has 1 aromatic carbocycles. The second-order valence-corrected chi connectivity index (χ2v) is 3.36. The summed E-state index contributed by atoms with van der Waals surface area (Å²) in [5.41, 5.74) is 7.30.